The van der Waals surface area contributed by atoms with Gasteiger partial charge < -0.3 is 5.11 Å². The van der Waals surface area contributed by atoms with Crippen molar-refractivity contribution in [3.63, 3.8) is 0 Å². The van der Waals surface area contributed by atoms with Crippen LogP contribution in [0.2, 0.25) is 0 Å². The Balaban J connectivity index is 2.86. The fraction of sp³-hybridized carbons (Fsp3) is 0.562. The minimum atomic E-state index is -0.716. The number of carboxylic acid groups (broad SMARTS) is 1. The molecule has 0 atom stereocenters. The molecular formula is C16H24O2. The van der Waals surface area contributed by atoms with Gasteiger partial charge in [-0.2, -0.15) is 0 Å². The summed E-state index contributed by atoms with van der Waals surface area (Å²) in [6.45, 7) is 7.88. The monoisotopic (exact) mass is 248 g/mol. The van der Waals surface area contributed by atoms with Gasteiger partial charge in [0.05, 0.1) is 5.41 Å². The zero-order valence-corrected chi connectivity index (χ0v) is 11.9. The van der Waals surface area contributed by atoms with Crippen LogP contribution < -0.4 is 0 Å². The topological polar surface area (TPSA) is 37.3 Å². The maximum Gasteiger partial charge on any atom is 0.309 e. The van der Waals surface area contributed by atoms with Crippen molar-refractivity contribution >= 4 is 5.97 Å². The van der Waals surface area contributed by atoms with Gasteiger partial charge in [-0.05, 0) is 56.2 Å². The molecule has 1 aromatic rings. The SMILES string of the molecule is CCc1ccc(CC)c(CCC(C)(C)C(=O)O)c1. The van der Waals surface area contributed by atoms with Gasteiger partial charge in [0.2, 0.25) is 0 Å². The maximum absolute atomic E-state index is 11.1. The summed E-state index contributed by atoms with van der Waals surface area (Å²) in [5.41, 5.74) is 3.34. The van der Waals surface area contributed by atoms with E-state index < -0.39 is 11.4 Å². The summed E-state index contributed by atoms with van der Waals surface area (Å²) < 4.78 is 0. The van der Waals surface area contributed by atoms with E-state index in [1.165, 1.54) is 16.7 Å². The molecule has 0 aliphatic heterocycles. The molecule has 1 N–H and O–H groups in total. The number of carboxylic acids is 1. The number of hydrogen-bond acceptors (Lipinski definition) is 1. The Labute approximate surface area is 110 Å². The average molecular weight is 248 g/mol. The minimum Gasteiger partial charge on any atom is -0.481 e. The van der Waals surface area contributed by atoms with E-state index in [4.69, 9.17) is 5.11 Å². The smallest absolute Gasteiger partial charge is 0.309 e. The van der Waals surface area contributed by atoms with Crippen LogP contribution >= 0.6 is 0 Å². The summed E-state index contributed by atoms with van der Waals surface area (Å²) in [6.07, 6.45) is 3.56. The molecule has 0 amide bonds. The highest BCUT2D eigenvalue weighted by Crippen LogP contribution is 2.25. The molecule has 2 heteroatoms. The molecule has 1 aromatic carbocycles. The van der Waals surface area contributed by atoms with Crippen LogP contribution in [0.3, 0.4) is 0 Å². The van der Waals surface area contributed by atoms with Gasteiger partial charge in [-0.15, -0.1) is 0 Å². The van der Waals surface area contributed by atoms with E-state index in [9.17, 15) is 4.79 Å². The van der Waals surface area contributed by atoms with Crippen LogP contribution in [0.1, 0.15) is 50.8 Å². The number of rotatable bonds is 6. The molecule has 18 heavy (non-hydrogen) atoms. The molecule has 0 spiro atoms. The number of aryl methyl sites for hydroxylation is 3. The Morgan fingerprint density at radius 1 is 1.17 bits per heavy atom. The van der Waals surface area contributed by atoms with Crippen molar-refractivity contribution in [3.8, 4) is 0 Å². The van der Waals surface area contributed by atoms with Crippen molar-refractivity contribution < 1.29 is 9.90 Å². The molecule has 0 saturated carbocycles. The third-order valence-electron chi connectivity index (χ3n) is 3.66. The number of hydrogen-bond donors (Lipinski definition) is 1. The molecular weight excluding hydrogens is 224 g/mol. The maximum atomic E-state index is 11.1. The van der Waals surface area contributed by atoms with Crippen molar-refractivity contribution in [2.45, 2.75) is 53.4 Å². The molecule has 0 aliphatic rings. The zero-order valence-electron chi connectivity index (χ0n) is 11.9. The minimum absolute atomic E-state index is 0.646. The van der Waals surface area contributed by atoms with Crippen molar-refractivity contribution in [1.82, 2.24) is 0 Å². The number of benzene rings is 1. The van der Waals surface area contributed by atoms with Gasteiger partial charge in [0.1, 0.15) is 0 Å². The summed E-state index contributed by atoms with van der Waals surface area (Å²) in [7, 11) is 0. The summed E-state index contributed by atoms with van der Waals surface area (Å²) in [4.78, 5) is 11.1. The molecule has 100 valence electrons. The molecule has 0 saturated heterocycles. The van der Waals surface area contributed by atoms with E-state index in [-0.39, 0.29) is 0 Å². The molecule has 0 aliphatic carbocycles. The van der Waals surface area contributed by atoms with Gasteiger partial charge in [-0.1, -0.05) is 32.0 Å². The molecule has 0 heterocycles. The molecule has 0 aromatic heterocycles. The predicted octanol–water partition coefficient (Wildman–Crippen LogP) is 3.85. The Bertz CT molecular complexity index is 419. The summed E-state index contributed by atoms with van der Waals surface area (Å²) in [5, 5.41) is 9.15. The predicted molar refractivity (Wildman–Crippen MR) is 74.9 cm³/mol. The molecule has 0 fully saturated rings. The van der Waals surface area contributed by atoms with Gasteiger partial charge in [0, 0.05) is 0 Å². The lowest BCUT2D eigenvalue weighted by atomic mass is 9.85. The van der Waals surface area contributed by atoms with Gasteiger partial charge in [0.25, 0.3) is 0 Å². The van der Waals surface area contributed by atoms with E-state index >= 15 is 0 Å². The Kier molecular flexibility index (Phi) is 4.94. The lowest BCUT2D eigenvalue weighted by Gasteiger charge is -2.20. The molecule has 2 nitrogen and oxygen atoms in total. The van der Waals surface area contributed by atoms with E-state index in [0.29, 0.717) is 6.42 Å². The van der Waals surface area contributed by atoms with E-state index in [2.05, 4.69) is 32.0 Å². The van der Waals surface area contributed by atoms with Gasteiger partial charge >= 0.3 is 5.97 Å². The van der Waals surface area contributed by atoms with E-state index in [0.717, 1.165) is 19.3 Å². The van der Waals surface area contributed by atoms with Crippen LogP contribution in [-0.2, 0) is 24.1 Å². The largest absolute Gasteiger partial charge is 0.481 e. The van der Waals surface area contributed by atoms with Crippen LogP contribution in [0.25, 0.3) is 0 Å². The van der Waals surface area contributed by atoms with Gasteiger partial charge in [-0.25, -0.2) is 0 Å². The Hall–Kier alpha value is -1.31. The van der Waals surface area contributed by atoms with Crippen LogP contribution in [0.5, 0.6) is 0 Å². The normalized spacial score (nSPS) is 11.6. The summed E-state index contributed by atoms with van der Waals surface area (Å²) in [5.74, 6) is -0.716. The molecule has 0 bridgehead atoms. The first-order valence-electron chi connectivity index (χ1n) is 6.74. The Morgan fingerprint density at radius 3 is 2.33 bits per heavy atom. The van der Waals surface area contributed by atoms with Crippen LogP contribution in [0, 0.1) is 5.41 Å². The quantitative estimate of drug-likeness (QED) is 0.830. The van der Waals surface area contributed by atoms with E-state index in [1.807, 2.05) is 0 Å². The Morgan fingerprint density at radius 2 is 1.83 bits per heavy atom. The zero-order chi connectivity index (χ0) is 13.8. The average Bonchev–Trinajstić information content (AvgIpc) is 2.35. The van der Waals surface area contributed by atoms with Crippen molar-refractivity contribution in [2.75, 3.05) is 0 Å². The fourth-order valence-electron chi connectivity index (χ4n) is 2.03. The van der Waals surface area contributed by atoms with Gasteiger partial charge in [0.15, 0.2) is 0 Å². The first-order chi connectivity index (χ1) is 8.40. The molecule has 0 unspecified atom stereocenters. The molecule has 1 rings (SSSR count). The first-order valence-corrected chi connectivity index (χ1v) is 6.74. The third-order valence-corrected chi connectivity index (χ3v) is 3.66. The fourth-order valence-corrected chi connectivity index (χ4v) is 2.03. The van der Waals surface area contributed by atoms with Gasteiger partial charge in [-0.3, -0.25) is 4.79 Å². The third kappa shape index (κ3) is 3.59. The van der Waals surface area contributed by atoms with E-state index in [1.54, 1.807) is 13.8 Å². The highest BCUT2D eigenvalue weighted by atomic mass is 16.4. The standard InChI is InChI=1S/C16H24O2/c1-5-12-7-8-13(6-2)14(11-12)9-10-16(3,4)15(17)18/h7-8,11H,5-6,9-10H2,1-4H3,(H,17,18). The number of carbonyl (C=O) groups is 1. The van der Waals surface area contributed by atoms with Crippen molar-refractivity contribution in [1.29, 1.82) is 0 Å². The highest BCUT2D eigenvalue weighted by Gasteiger charge is 2.26. The molecule has 0 radical (unpaired) electrons. The summed E-state index contributed by atoms with van der Waals surface area (Å²) >= 11 is 0. The second-order valence-electron chi connectivity index (χ2n) is 5.50. The van der Waals surface area contributed by atoms with Crippen LogP contribution in [0.15, 0.2) is 18.2 Å². The van der Waals surface area contributed by atoms with Crippen molar-refractivity contribution in [3.05, 3.63) is 34.9 Å². The lowest BCUT2D eigenvalue weighted by molar-refractivity contribution is -0.147. The highest BCUT2D eigenvalue weighted by molar-refractivity contribution is 5.73. The first kappa shape index (κ1) is 14.7. The second-order valence-corrected chi connectivity index (χ2v) is 5.50. The summed E-state index contributed by atoms with van der Waals surface area (Å²) in [6, 6.07) is 6.59. The van der Waals surface area contributed by atoms with Crippen LogP contribution in [0.4, 0.5) is 0 Å². The second kappa shape index (κ2) is 6.03. The van der Waals surface area contributed by atoms with Crippen molar-refractivity contribution in [2.24, 2.45) is 5.41 Å². The number of aliphatic carboxylic acids is 1. The van der Waals surface area contributed by atoms with Crippen LogP contribution in [-0.4, -0.2) is 11.1 Å². The lowest BCUT2D eigenvalue weighted by Crippen LogP contribution is -2.24.